The first-order valence-electron chi connectivity index (χ1n) is 8.72. The fourth-order valence-electron chi connectivity index (χ4n) is 4.01. The molecule has 1 nitrogen and oxygen atoms in total. The average molecular weight is 396 g/mol. The van der Waals surface area contributed by atoms with E-state index in [4.69, 9.17) is 0 Å². The standard InChI is InChI=1S/C23H15BBrN/c25-16-13-14-23(26-15-16)19-9-3-6-12-22(19)24-20-10-4-1-7-17(20)18-8-2-5-11-21(18)24/h1-15H. The third kappa shape index (κ3) is 2.43. The molecule has 0 unspecified atom stereocenters. The number of benzene rings is 3. The third-order valence-electron chi connectivity index (χ3n) is 5.11. The maximum atomic E-state index is 4.65. The number of fused-ring (bicyclic) bond motifs is 3. The highest BCUT2D eigenvalue weighted by atomic mass is 79.9. The van der Waals surface area contributed by atoms with E-state index in [0.29, 0.717) is 0 Å². The molecule has 5 rings (SSSR count). The zero-order chi connectivity index (χ0) is 17.5. The van der Waals surface area contributed by atoms with Gasteiger partial charge in [-0.3, -0.25) is 4.98 Å². The predicted octanol–water partition coefficient (Wildman–Crippen LogP) is 4.01. The highest BCUT2D eigenvalue weighted by Crippen LogP contribution is 2.25. The van der Waals surface area contributed by atoms with Crippen LogP contribution in [0.4, 0.5) is 0 Å². The smallest absolute Gasteiger partial charge is 0.243 e. The van der Waals surface area contributed by atoms with Crippen molar-refractivity contribution in [2.24, 2.45) is 0 Å². The van der Waals surface area contributed by atoms with Gasteiger partial charge in [0.1, 0.15) is 0 Å². The van der Waals surface area contributed by atoms with E-state index < -0.39 is 0 Å². The van der Waals surface area contributed by atoms with Crippen molar-refractivity contribution in [1.29, 1.82) is 0 Å². The Labute approximate surface area is 162 Å². The van der Waals surface area contributed by atoms with Crippen LogP contribution < -0.4 is 16.4 Å². The molecule has 0 radical (unpaired) electrons. The van der Waals surface area contributed by atoms with E-state index >= 15 is 0 Å². The van der Waals surface area contributed by atoms with Crippen LogP contribution in [0.15, 0.2) is 95.6 Å². The van der Waals surface area contributed by atoms with Crippen molar-refractivity contribution in [3.05, 3.63) is 95.6 Å². The summed E-state index contributed by atoms with van der Waals surface area (Å²) in [6.07, 6.45) is 1.86. The van der Waals surface area contributed by atoms with Gasteiger partial charge in [-0.15, -0.1) is 0 Å². The molecule has 1 aromatic heterocycles. The first-order chi connectivity index (χ1) is 12.8. The summed E-state index contributed by atoms with van der Waals surface area (Å²) in [5.41, 5.74) is 8.93. The van der Waals surface area contributed by atoms with Gasteiger partial charge in [-0.1, -0.05) is 89.2 Å². The molecule has 0 atom stereocenters. The molecule has 0 bridgehead atoms. The summed E-state index contributed by atoms with van der Waals surface area (Å²) >= 11 is 3.48. The molecule has 0 fully saturated rings. The maximum absolute atomic E-state index is 4.65. The van der Waals surface area contributed by atoms with E-state index in [9.17, 15) is 0 Å². The van der Waals surface area contributed by atoms with Crippen molar-refractivity contribution in [2.75, 3.05) is 0 Å². The summed E-state index contributed by atoms with van der Waals surface area (Å²) in [5.74, 6) is 0. The van der Waals surface area contributed by atoms with Crippen LogP contribution in [0.3, 0.4) is 0 Å². The van der Waals surface area contributed by atoms with Gasteiger partial charge in [0, 0.05) is 10.7 Å². The van der Waals surface area contributed by atoms with Gasteiger partial charge in [0.15, 0.2) is 0 Å². The minimum atomic E-state index is 0.240. The Kier molecular flexibility index (Phi) is 3.76. The van der Waals surface area contributed by atoms with Crippen LogP contribution in [-0.2, 0) is 0 Å². The van der Waals surface area contributed by atoms with Crippen molar-refractivity contribution in [1.82, 2.24) is 4.98 Å². The molecule has 3 aromatic carbocycles. The molecule has 0 aliphatic carbocycles. The lowest BCUT2D eigenvalue weighted by Gasteiger charge is -2.15. The minimum Gasteiger partial charge on any atom is -0.255 e. The molecular weight excluding hydrogens is 381 g/mol. The molecule has 3 heteroatoms. The number of aromatic nitrogens is 1. The molecule has 26 heavy (non-hydrogen) atoms. The zero-order valence-electron chi connectivity index (χ0n) is 14.1. The summed E-state index contributed by atoms with van der Waals surface area (Å²) in [5, 5.41) is 0. The highest BCUT2D eigenvalue weighted by Gasteiger charge is 2.34. The number of halogens is 1. The van der Waals surface area contributed by atoms with E-state index in [2.05, 4.69) is 106 Å². The van der Waals surface area contributed by atoms with Gasteiger partial charge >= 0.3 is 0 Å². The molecule has 122 valence electrons. The van der Waals surface area contributed by atoms with Crippen molar-refractivity contribution < 1.29 is 0 Å². The number of hydrogen-bond acceptors (Lipinski definition) is 1. The van der Waals surface area contributed by atoms with Crippen LogP contribution in [0.2, 0.25) is 0 Å². The van der Waals surface area contributed by atoms with Crippen LogP contribution >= 0.6 is 15.9 Å². The van der Waals surface area contributed by atoms with Gasteiger partial charge < -0.3 is 0 Å². The normalized spacial score (nSPS) is 12.0. The Hall–Kier alpha value is -2.65. The average Bonchev–Trinajstić information content (AvgIpc) is 3.03. The minimum absolute atomic E-state index is 0.240. The van der Waals surface area contributed by atoms with Crippen molar-refractivity contribution >= 4 is 39.0 Å². The molecule has 0 N–H and O–H groups in total. The van der Waals surface area contributed by atoms with Gasteiger partial charge in [0.2, 0.25) is 6.71 Å². The summed E-state index contributed by atoms with van der Waals surface area (Å²) < 4.78 is 0.996. The molecule has 4 aromatic rings. The lowest BCUT2D eigenvalue weighted by Crippen LogP contribution is -2.49. The molecule has 2 heterocycles. The van der Waals surface area contributed by atoms with Gasteiger partial charge in [-0.2, -0.15) is 0 Å². The molecule has 0 spiro atoms. The third-order valence-corrected chi connectivity index (χ3v) is 5.58. The van der Waals surface area contributed by atoms with Crippen LogP contribution in [0, 0.1) is 0 Å². The first kappa shape index (κ1) is 15.6. The zero-order valence-corrected chi connectivity index (χ0v) is 15.6. The fourth-order valence-corrected chi connectivity index (χ4v) is 4.24. The largest absolute Gasteiger partial charge is 0.255 e. The Balaban J connectivity index is 1.76. The van der Waals surface area contributed by atoms with Gasteiger partial charge in [0.05, 0.1) is 5.69 Å². The number of nitrogens with zero attached hydrogens (tertiary/aromatic N) is 1. The Morgan fingerprint density at radius 1 is 0.577 bits per heavy atom. The monoisotopic (exact) mass is 395 g/mol. The van der Waals surface area contributed by atoms with Crippen LogP contribution in [0.5, 0.6) is 0 Å². The van der Waals surface area contributed by atoms with Crippen LogP contribution in [0.1, 0.15) is 0 Å². The highest BCUT2D eigenvalue weighted by molar-refractivity contribution is 9.10. The second-order valence-electron chi connectivity index (χ2n) is 6.56. The van der Waals surface area contributed by atoms with E-state index in [1.165, 1.54) is 33.1 Å². The second-order valence-corrected chi connectivity index (χ2v) is 7.47. The molecular formula is C23H15BBrN. The summed E-state index contributed by atoms with van der Waals surface area (Å²) in [7, 11) is 0. The molecule has 0 saturated heterocycles. The first-order valence-corrected chi connectivity index (χ1v) is 9.51. The van der Waals surface area contributed by atoms with Crippen molar-refractivity contribution in [3.8, 4) is 22.4 Å². The number of rotatable bonds is 2. The predicted molar refractivity (Wildman–Crippen MR) is 114 cm³/mol. The quantitative estimate of drug-likeness (QED) is 0.411. The van der Waals surface area contributed by atoms with Gasteiger partial charge in [-0.05, 0) is 44.8 Å². The van der Waals surface area contributed by atoms with Gasteiger partial charge in [0.25, 0.3) is 0 Å². The van der Waals surface area contributed by atoms with Crippen LogP contribution in [-0.4, -0.2) is 11.7 Å². The maximum Gasteiger partial charge on any atom is 0.243 e. The molecule has 1 aliphatic heterocycles. The van der Waals surface area contributed by atoms with Crippen molar-refractivity contribution in [2.45, 2.75) is 0 Å². The van der Waals surface area contributed by atoms with Gasteiger partial charge in [-0.25, -0.2) is 0 Å². The molecule has 1 aliphatic rings. The summed E-state index contributed by atoms with van der Waals surface area (Å²) in [6.45, 7) is 0.240. The van der Waals surface area contributed by atoms with E-state index in [0.717, 1.165) is 10.2 Å². The van der Waals surface area contributed by atoms with E-state index in [-0.39, 0.29) is 6.71 Å². The van der Waals surface area contributed by atoms with Crippen molar-refractivity contribution in [3.63, 3.8) is 0 Å². The van der Waals surface area contributed by atoms with Crippen LogP contribution in [0.25, 0.3) is 22.4 Å². The van der Waals surface area contributed by atoms with E-state index in [1.807, 2.05) is 6.20 Å². The van der Waals surface area contributed by atoms with E-state index in [1.54, 1.807) is 0 Å². The Morgan fingerprint density at radius 3 is 1.62 bits per heavy atom. The SMILES string of the molecule is Brc1ccc(-c2ccccc2B2c3ccccc3-c3ccccc32)nc1. The topological polar surface area (TPSA) is 12.9 Å². The lowest BCUT2D eigenvalue weighted by atomic mass is 9.38. The Bertz CT molecular complexity index is 1060. The summed E-state index contributed by atoms with van der Waals surface area (Å²) in [6, 6.07) is 30.3. The summed E-state index contributed by atoms with van der Waals surface area (Å²) in [4.78, 5) is 4.65. The second kappa shape index (κ2) is 6.26. The molecule has 0 saturated carbocycles. The number of hydrogen-bond donors (Lipinski definition) is 0. The Morgan fingerprint density at radius 2 is 1.08 bits per heavy atom. The molecule has 0 amide bonds. The lowest BCUT2D eigenvalue weighted by molar-refractivity contribution is 1.31. The number of pyridine rings is 1. The fraction of sp³-hybridized carbons (Fsp3) is 0.